The van der Waals surface area contributed by atoms with Gasteiger partial charge in [-0.3, -0.25) is 9.13 Å². The highest BCUT2D eigenvalue weighted by molar-refractivity contribution is 7.20. The number of aromatic nitrogens is 6. The minimum Gasteiger partial charge on any atom is -0.309 e. The molecule has 356 valence electrons. The van der Waals surface area contributed by atoms with Crippen LogP contribution >= 0.6 is 0 Å². The van der Waals surface area contributed by atoms with Gasteiger partial charge in [0.15, 0.2) is 13.9 Å². The summed E-state index contributed by atoms with van der Waals surface area (Å²) in [5.74, 6) is 1.66. The maximum absolute atomic E-state index is 5.61. The fourth-order valence-corrected chi connectivity index (χ4v) is 17.0. The SMILES string of the molecule is c1ccc(-c2cccc([Si](c3ccccc3)(c3ccccc3)c3ccc(-c4nc(-n5c6ccccc6c6ccccc65)nc(-n5c6ccccc6c6ccc7c(c8ccccc8n7-c7ccccc7)c65)n4)cc3)c2)cc1. The highest BCUT2D eigenvalue weighted by Gasteiger charge is 2.41. The van der Waals surface area contributed by atoms with Gasteiger partial charge in [0.2, 0.25) is 11.9 Å². The number of rotatable bonds is 9. The lowest BCUT2D eigenvalue weighted by molar-refractivity contribution is 0.894. The summed E-state index contributed by atoms with van der Waals surface area (Å²) in [5, 5.41) is 12.0. The number of hydrogen-bond acceptors (Lipinski definition) is 3. The van der Waals surface area contributed by atoms with Crippen LogP contribution in [0.1, 0.15) is 0 Å². The largest absolute Gasteiger partial charge is 0.309 e. The van der Waals surface area contributed by atoms with Gasteiger partial charge in [0.25, 0.3) is 0 Å². The van der Waals surface area contributed by atoms with Crippen molar-refractivity contribution < 1.29 is 0 Å². The Bertz CT molecular complexity index is 4590. The summed E-state index contributed by atoms with van der Waals surface area (Å²) in [6.07, 6.45) is 0. The standard InChI is InChI=1S/C69H46N6Si/c1-5-22-47(23-6-1)49-24-21-31-54(46-49)76(51-27-9-3-10-28-51,52-29-11-4-12-30-52)53-42-40-48(41-43-53)67-70-68(74-60-36-17-13-32-55(60)56-33-14-18-37-61(56)74)72-69(71-67)75-62-38-19-15-34-57(62)58-44-45-64-65(66(58)75)59-35-16-20-39-63(59)73(64)50-25-7-2-8-26-50/h1-46H. The molecular formula is C69H46N6Si. The molecule has 4 heterocycles. The van der Waals surface area contributed by atoms with Crippen molar-refractivity contribution in [3.63, 3.8) is 0 Å². The van der Waals surface area contributed by atoms with Crippen LogP contribution in [0.5, 0.6) is 0 Å². The first kappa shape index (κ1) is 43.6. The zero-order chi connectivity index (χ0) is 50.2. The fourth-order valence-electron chi connectivity index (χ4n) is 12.2. The smallest absolute Gasteiger partial charge is 0.240 e. The Kier molecular flexibility index (Phi) is 10.1. The zero-order valence-corrected chi connectivity index (χ0v) is 42.2. The molecule has 0 fully saturated rings. The third-order valence-corrected chi connectivity index (χ3v) is 20.2. The summed E-state index contributed by atoms with van der Waals surface area (Å²) in [6.45, 7) is 0. The quantitative estimate of drug-likeness (QED) is 0.107. The van der Waals surface area contributed by atoms with Crippen LogP contribution in [0.25, 0.3) is 106 Å². The van der Waals surface area contributed by atoms with E-state index in [0.29, 0.717) is 17.7 Å². The lowest BCUT2D eigenvalue weighted by Gasteiger charge is -2.34. The van der Waals surface area contributed by atoms with Crippen molar-refractivity contribution >= 4 is 94.2 Å². The molecule has 11 aromatic carbocycles. The van der Waals surface area contributed by atoms with Gasteiger partial charge in [-0.2, -0.15) is 15.0 Å². The minimum absolute atomic E-state index is 0.538. The van der Waals surface area contributed by atoms with Gasteiger partial charge in [-0.25, -0.2) is 0 Å². The molecule has 0 N–H and O–H groups in total. The number of nitrogens with zero attached hydrogens (tertiary/aromatic N) is 6. The second-order valence-corrected chi connectivity index (χ2v) is 23.3. The molecule has 0 spiro atoms. The monoisotopic (exact) mass is 986 g/mol. The van der Waals surface area contributed by atoms with Gasteiger partial charge in [0.05, 0.1) is 33.1 Å². The fraction of sp³-hybridized carbons (Fsp3) is 0. The van der Waals surface area contributed by atoms with Crippen molar-refractivity contribution in [1.82, 2.24) is 28.7 Å². The Morgan fingerprint density at radius 2 is 0.711 bits per heavy atom. The van der Waals surface area contributed by atoms with E-state index in [-0.39, 0.29) is 0 Å². The topological polar surface area (TPSA) is 53.5 Å². The Labute approximate surface area is 439 Å². The van der Waals surface area contributed by atoms with Crippen molar-refractivity contribution in [2.24, 2.45) is 0 Å². The molecule has 0 bridgehead atoms. The molecule has 6 nitrogen and oxygen atoms in total. The molecule has 0 aliphatic heterocycles. The first-order valence-electron chi connectivity index (χ1n) is 25.9. The molecule has 0 saturated carbocycles. The predicted molar refractivity (Wildman–Crippen MR) is 317 cm³/mol. The number of benzene rings is 11. The molecule has 15 aromatic rings. The van der Waals surface area contributed by atoms with E-state index in [2.05, 4.69) is 293 Å². The van der Waals surface area contributed by atoms with E-state index in [4.69, 9.17) is 15.0 Å². The summed E-state index contributed by atoms with van der Waals surface area (Å²) in [7, 11) is -2.95. The van der Waals surface area contributed by atoms with Gasteiger partial charge in [-0.1, -0.05) is 237 Å². The third kappa shape index (κ3) is 6.69. The van der Waals surface area contributed by atoms with E-state index < -0.39 is 8.07 Å². The molecule has 76 heavy (non-hydrogen) atoms. The average Bonchev–Trinajstić information content (AvgIpc) is 4.18. The normalized spacial score (nSPS) is 11.9. The van der Waals surface area contributed by atoms with Crippen LogP contribution in [-0.4, -0.2) is 36.7 Å². The van der Waals surface area contributed by atoms with Gasteiger partial charge in [-0.15, -0.1) is 0 Å². The number of para-hydroxylation sites is 5. The third-order valence-electron chi connectivity index (χ3n) is 15.5. The summed E-state index contributed by atoms with van der Waals surface area (Å²) >= 11 is 0. The summed E-state index contributed by atoms with van der Waals surface area (Å²) < 4.78 is 6.87. The lowest BCUT2D eigenvalue weighted by Crippen LogP contribution is -2.74. The molecule has 4 aromatic heterocycles. The average molecular weight is 987 g/mol. The van der Waals surface area contributed by atoms with Crippen molar-refractivity contribution in [3.05, 3.63) is 279 Å². The molecule has 15 rings (SSSR count). The molecule has 0 radical (unpaired) electrons. The zero-order valence-electron chi connectivity index (χ0n) is 41.2. The summed E-state index contributed by atoms with van der Waals surface area (Å²) in [6, 6.07) is 101. The highest BCUT2D eigenvalue weighted by Crippen LogP contribution is 2.42. The van der Waals surface area contributed by atoms with E-state index in [1.807, 2.05) is 0 Å². The molecule has 0 atom stereocenters. The Morgan fingerprint density at radius 3 is 1.32 bits per heavy atom. The lowest BCUT2D eigenvalue weighted by atomic mass is 10.1. The Morgan fingerprint density at radius 1 is 0.263 bits per heavy atom. The number of fused-ring (bicyclic) bond motifs is 10. The van der Waals surface area contributed by atoms with Crippen LogP contribution < -0.4 is 20.7 Å². The van der Waals surface area contributed by atoms with E-state index >= 15 is 0 Å². The molecule has 0 amide bonds. The van der Waals surface area contributed by atoms with Gasteiger partial charge in [0.1, 0.15) is 0 Å². The maximum atomic E-state index is 5.61. The van der Waals surface area contributed by atoms with Crippen LogP contribution in [0, 0.1) is 0 Å². The van der Waals surface area contributed by atoms with Crippen molar-refractivity contribution in [2.75, 3.05) is 0 Å². The van der Waals surface area contributed by atoms with E-state index in [0.717, 1.165) is 76.7 Å². The first-order valence-corrected chi connectivity index (χ1v) is 27.9. The van der Waals surface area contributed by atoms with Crippen LogP contribution in [0.4, 0.5) is 0 Å². The van der Waals surface area contributed by atoms with Gasteiger partial charge in [0, 0.05) is 43.6 Å². The van der Waals surface area contributed by atoms with E-state index in [1.165, 1.54) is 31.9 Å². The van der Waals surface area contributed by atoms with Crippen molar-refractivity contribution in [2.45, 2.75) is 0 Å². The summed E-state index contributed by atoms with van der Waals surface area (Å²) in [5.41, 5.74) is 10.7. The van der Waals surface area contributed by atoms with Crippen molar-refractivity contribution in [1.29, 1.82) is 0 Å². The molecule has 0 aliphatic carbocycles. The molecular weight excluding hydrogens is 941 g/mol. The van der Waals surface area contributed by atoms with Crippen LogP contribution in [-0.2, 0) is 0 Å². The van der Waals surface area contributed by atoms with Crippen LogP contribution in [0.2, 0.25) is 0 Å². The van der Waals surface area contributed by atoms with Gasteiger partial charge >= 0.3 is 0 Å². The molecule has 0 saturated heterocycles. The Balaban J connectivity index is 1.01. The van der Waals surface area contributed by atoms with E-state index in [1.54, 1.807) is 0 Å². The second-order valence-electron chi connectivity index (χ2n) is 19.5. The van der Waals surface area contributed by atoms with Crippen LogP contribution in [0.3, 0.4) is 0 Å². The molecule has 0 aliphatic rings. The summed E-state index contributed by atoms with van der Waals surface area (Å²) in [4.78, 5) is 16.7. The minimum atomic E-state index is -2.95. The predicted octanol–water partition coefficient (Wildman–Crippen LogP) is 13.9. The first-order chi connectivity index (χ1) is 37.7. The van der Waals surface area contributed by atoms with Gasteiger partial charge in [-0.05, 0) is 74.3 Å². The van der Waals surface area contributed by atoms with E-state index in [9.17, 15) is 0 Å². The molecule has 0 unspecified atom stereocenters. The molecule has 7 heteroatoms. The van der Waals surface area contributed by atoms with Crippen LogP contribution in [0.15, 0.2) is 279 Å². The maximum Gasteiger partial charge on any atom is 0.240 e. The Hall–Kier alpha value is -9.95. The van der Waals surface area contributed by atoms with Crippen molar-refractivity contribution in [3.8, 4) is 40.1 Å². The second kappa shape index (κ2) is 17.6. The van der Waals surface area contributed by atoms with Gasteiger partial charge < -0.3 is 4.57 Å². The number of hydrogen-bond donors (Lipinski definition) is 0. The highest BCUT2D eigenvalue weighted by atomic mass is 28.3.